The number of carbonyl (C=O) groups is 1. The molecular weight excluding hydrogens is 281 g/mol. The van der Waals surface area contributed by atoms with Gasteiger partial charge in [0.2, 0.25) is 0 Å². The summed E-state index contributed by atoms with van der Waals surface area (Å²) in [5.41, 5.74) is -0.282. The lowest BCUT2D eigenvalue weighted by molar-refractivity contribution is -0.385. The quantitative estimate of drug-likeness (QED) is 0.491. The van der Waals surface area contributed by atoms with E-state index in [1.807, 2.05) is 0 Å². The Balaban J connectivity index is 0.00000289. The number of hydrogen-bond acceptors (Lipinski definition) is 4. The monoisotopic (exact) mass is 293 g/mol. The summed E-state index contributed by atoms with van der Waals surface area (Å²) in [4.78, 5) is 21.8. The summed E-state index contributed by atoms with van der Waals surface area (Å²) in [5.74, 6) is -0.483. The summed E-state index contributed by atoms with van der Waals surface area (Å²) in [6.07, 6.45) is 0. The van der Waals surface area contributed by atoms with Gasteiger partial charge in [0.25, 0.3) is 11.6 Å². The predicted molar refractivity (Wildman–Crippen MR) is 71.6 cm³/mol. The molecule has 0 radical (unpaired) electrons. The second-order valence-electron chi connectivity index (χ2n) is 3.28. The van der Waals surface area contributed by atoms with Crippen LogP contribution in [0.3, 0.4) is 0 Å². The summed E-state index contributed by atoms with van der Waals surface area (Å²) in [6, 6.07) is 3.95. The van der Waals surface area contributed by atoms with E-state index in [9.17, 15) is 14.9 Å². The third-order valence-corrected chi connectivity index (χ3v) is 2.30. The molecule has 2 N–H and O–H groups in total. The molecule has 0 fully saturated rings. The number of hydrogen-bond donors (Lipinski definition) is 2. The van der Waals surface area contributed by atoms with Crippen LogP contribution in [0.15, 0.2) is 18.2 Å². The molecule has 1 aromatic carbocycles. The Morgan fingerprint density at radius 3 is 2.67 bits per heavy atom. The number of rotatable bonds is 5. The number of amides is 1. The van der Waals surface area contributed by atoms with E-state index in [4.69, 9.17) is 11.6 Å². The van der Waals surface area contributed by atoms with Gasteiger partial charge in [0.1, 0.15) is 5.56 Å². The summed E-state index contributed by atoms with van der Waals surface area (Å²) in [7, 11) is 1.75. The van der Waals surface area contributed by atoms with Crippen molar-refractivity contribution in [2.75, 3.05) is 20.1 Å². The fourth-order valence-corrected chi connectivity index (χ4v) is 1.41. The van der Waals surface area contributed by atoms with Crippen molar-refractivity contribution in [2.45, 2.75) is 0 Å². The highest BCUT2D eigenvalue weighted by Crippen LogP contribution is 2.22. The number of nitrogens with one attached hydrogen (secondary N) is 2. The highest BCUT2D eigenvalue weighted by atomic mass is 35.5. The summed E-state index contributed by atoms with van der Waals surface area (Å²) in [5, 5.41) is 16.4. The van der Waals surface area contributed by atoms with Crippen LogP contribution in [0, 0.1) is 10.1 Å². The fourth-order valence-electron chi connectivity index (χ4n) is 1.24. The lowest BCUT2D eigenvalue weighted by Gasteiger charge is -2.05. The van der Waals surface area contributed by atoms with E-state index in [2.05, 4.69) is 10.6 Å². The molecule has 0 saturated carbocycles. The normalized spacial score (nSPS) is 9.44. The summed E-state index contributed by atoms with van der Waals surface area (Å²) >= 11 is 5.65. The molecule has 0 heterocycles. The maximum atomic E-state index is 11.7. The highest BCUT2D eigenvalue weighted by molar-refractivity contribution is 6.31. The molecule has 0 aliphatic rings. The van der Waals surface area contributed by atoms with Gasteiger partial charge in [-0.05, 0) is 19.2 Å². The first-order chi connectivity index (χ1) is 8.06. The van der Waals surface area contributed by atoms with Crippen molar-refractivity contribution in [3.05, 3.63) is 38.9 Å². The van der Waals surface area contributed by atoms with Gasteiger partial charge in [0.15, 0.2) is 0 Å². The van der Waals surface area contributed by atoms with Crippen molar-refractivity contribution >= 4 is 35.6 Å². The van der Waals surface area contributed by atoms with Gasteiger partial charge in [0.05, 0.1) is 4.92 Å². The predicted octanol–water partition coefficient (Wildman–Crippen LogP) is 1.62. The molecule has 6 nitrogen and oxygen atoms in total. The van der Waals surface area contributed by atoms with Gasteiger partial charge in [-0.2, -0.15) is 0 Å². The molecule has 1 amide bonds. The van der Waals surface area contributed by atoms with Gasteiger partial charge in [-0.3, -0.25) is 14.9 Å². The Labute approximate surface area is 115 Å². The van der Waals surface area contributed by atoms with Crippen LogP contribution in [-0.2, 0) is 0 Å². The van der Waals surface area contributed by atoms with Crippen LogP contribution in [0.1, 0.15) is 10.4 Å². The first kappa shape index (κ1) is 16.6. The number of carbonyl (C=O) groups excluding carboxylic acids is 1. The highest BCUT2D eigenvalue weighted by Gasteiger charge is 2.19. The SMILES string of the molecule is CNCCNC(=O)c1ccc(Cl)cc1[N+](=O)[O-].Cl. The number of likely N-dealkylation sites (N-methyl/N-ethyl adjacent to an activating group) is 1. The Bertz CT molecular complexity index is 440. The lowest BCUT2D eigenvalue weighted by Crippen LogP contribution is -2.30. The minimum Gasteiger partial charge on any atom is -0.351 e. The molecule has 0 saturated heterocycles. The Hall–Kier alpha value is -1.37. The van der Waals surface area contributed by atoms with Crippen LogP contribution in [0.5, 0.6) is 0 Å². The van der Waals surface area contributed by atoms with Crippen molar-refractivity contribution in [3.63, 3.8) is 0 Å². The Morgan fingerprint density at radius 2 is 2.11 bits per heavy atom. The molecule has 0 unspecified atom stereocenters. The minimum atomic E-state index is -0.626. The topological polar surface area (TPSA) is 84.3 Å². The Morgan fingerprint density at radius 1 is 1.44 bits per heavy atom. The zero-order chi connectivity index (χ0) is 12.8. The third kappa shape index (κ3) is 4.48. The third-order valence-electron chi connectivity index (χ3n) is 2.06. The molecule has 0 spiro atoms. The van der Waals surface area contributed by atoms with Gasteiger partial charge in [-0.25, -0.2) is 0 Å². The van der Waals surface area contributed by atoms with Crippen LogP contribution >= 0.6 is 24.0 Å². The van der Waals surface area contributed by atoms with Crippen molar-refractivity contribution in [2.24, 2.45) is 0 Å². The van der Waals surface area contributed by atoms with Gasteiger partial charge in [-0.15, -0.1) is 12.4 Å². The molecule has 1 aromatic rings. The van der Waals surface area contributed by atoms with Crippen LogP contribution < -0.4 is 10.6 Å². The smallest absolute Gasteiger partial charge is 0.283 e. The molecule has 100 valence electrons. The van der Waals surface area contributed by atoms with E-state index in [1.165, 1.54) is 12.1 Å². The first-order valence-electron chi connectivity index (χ1n) is 4.93. The second kappa shape index (κ2) is 7.86. The molecule has 8 heteroatoms. The van der Waals surface area contributed by atoms with Crippen LogP contribution in [0.2, 0.25) is 5.02 Å². The van der Waals surface area contributed by atoms with E-state index in [-0.39, 0.29) is 28.7 Å². The molecule has 0 bridgehead atoms. The standard InChI is InChI=1S/C10H12ClN3O3.ClH/c1-12-4-5-13-10(15)8-3-2-7(11)6-9(8)14(16)17;/h2-3,6,12H,4-5H2,1H3,(H,13,15);1H. The largest absolute Gasteiger partial charge is 0.351 e. The molecule has 0 aliphatic heterocycles. The maximum absolute atomic E-state index is 11.7. The van der Waals surface area contributed by atoms with E-state index in [0.717, 1.165) is 6.07 Å². The fraction of sp³-hybridized carbons (Fsp3) is 0.300. The number of nitro groups is 1. The molecule has 0 atom stereocenters. The molecule has 1 rings (SSSR count). The number of benzene rings is 1. The number of halogens is 2. The van der Waals surface area contributed by atoms with Crippen molar-refractivity contribution < 1.29 is 9.72 Å². The molecule has 0 aromatic heterocycles. The number of nitrogens with zero attached hydrogens (tertiary/aromatic N) is 1. The zero-order valence-electron chi connectivity index (χ0n) is 9.60. The molecule has 18 heavy (non-hydrogen) atoms. The van der Waals surface area contributed by atoms with E-state index < -0.39 is 10.8 Å². The second-order valence-corrected chi connectivity index (χ2v) is 3.71. The first-order valence-corrected chi connectivity index (χ1v) is 5.30. The lowest BCUT2D eigenvalue weighted by atomic mass is 10.1. The minimum absolute atomic E-state index is 0. The van der Waals surface area contributed by atoms with E-state index in [1.54, 1.807) is 7.05 Å². The molecular formula is C10H13Cl2N3O3. The van der Waals surface area contributed by atoms with Crippen molar-refractivity contribution in [1.29, 1.82) is 0 Å². The van der Waals surface area contributed by atoms with Gasteiger partial charge in [0, 0.05) is 24.2 Å². The maximum Gasteiger partial charge on any atom is 0.283 e. The van der Waals surface area contributed by atoms with E-state index >= 15 is 0 Å². The van der Waals surface area contributed by atoms with Gasteiger partial charge >= 0.3 is 0 Å². The Kier molecular flexibility index (Phi) is 7.26. The van der Waals surface area contributed by atoms with Crippen molar-refractivity contribution in [1.82, 2.24) is 10.6 Å². The molecule has 0 aliphatic carbocycles. The number of nitro benzene ring substituents is 1. The van der Waals surface area contributed by atoms with Crippen LogP contribution in [0.25, 0.3) is 0 Å². The average molecular weight is 294 g/mol. The van der Waals surface area contributed by atoms with Crippen LogP contribution in [0.4, 0.5) is 5.69 Å². The van der Waals surface area contributed by atoms with E-state index in [0.29, 0.717) is 13.1 Å². The summed E-state index contributed by atoms with van der Waals surface area (Å²) < 4.78 is 0. The van der Waals surface area contributed by atoms with Gasteiger partial charge in [-0.1, -0.05) is 11.6 Å². The van der Waals surface area contributed by atoms with Crippen molar-refractivity contribution in [3.8, 4) is 0 Å². The van der Waals surface area contributed by atoms with Gasteiger partial charge < -0.3 is 10.6 Å². The summed E-state index contributed by atoms with van der Waals surface area (Å²) in [6.45, 7) is 0.988. The zero-order valence-corrected chi connectivity index (χ0v) is 11.2. The average Bonchev–Trinajstić information content (AvgIpc) is 2.29. The van der Waals surface area contributed by atoms with Crippen LogP contribution in [-0.4, -0.2) is 31.0 Å².